The van der Waals surface area contributed by atoms with Crippen LogP contribution < -0.4 is 10.2 Å². The fraction of sp³-hybridized carbons (Fsp3) is 0.0476. The first-order valence-corrected chi connectivity index (χ1v) is 8.06. The van der Waals surface area contributed by atoms with Crippen LogP contribution in [0.4, 0.5) is 4.39 Å². The summed E-state index contributed by atoms with van der Waals surface area (Å²) in [5.41, 5.74) is 5.48. The van der Waals surface area contributed by atoms with Crippen molar-refractivity contribution in [3.05, 3.63) is 90.2 Å². The third-order valence-electron chi connectivity index (χ3n) is 3.59. The number of ether oxygens (including phenoxy) is 1. The topological polar surface area (TPSA) is 50.7 Å². The number of rotatable bonds is 6. The molecule has 3 rings (SSSR count). The van der Waals surface area contributed by atoms with Crippen molar-refractivity contribution in [3.8, 4) is 16.9 Å². The standard InChI is InChI=1S/C21H17FN2O2/c22-19-7-4-8-20(13-19)26-15-21(25)24-23-14-16-9-11-18(12-10-16)17-5-2-1-3-6-17/h1-14H,15H2,(H,24,25)/b23-14-. The summed E-state index contributed by atoms with van der Waals surface area (Å²) in [7, 11) is 0. The largest absolute Gasteiger partial charge is 0.484 e. The zero-order chi connectivity index (χ0) is 18.2. The lowest BCUT2D eigenvalue weighted by atomic mass is 10.0. The number of carbonyl (C=O) groups is 1. The summed E-state index contributed by atoms with van der Waals surface area (Å²) in [6.45, 7) is -0.242. The van der Waals surface area contributed by atoms with E-state index < -0.39 is 11.7 Å². The highest BCUT2D eigenvalue weighted by molar-refractivity contribution is 5.83. The van der Waals surface area contributed by atoms with Gasteiger partial charge in [-0.1, -0.05) is 60.7 Å². The number of hydrogen-bond donors (Lipinski definition) is 1. The summed E-state index contributed by atoms with van der Waals surface area (Å²) >= 11 is 0. The highest BCUT2D eigenvalue weighted by Gasteiger charge is 2.02. The summed E-state index contributed by atoms with van der Waals surface area (Å²) in [6.07, 6.45) is 1.55. The number of amides is 1. The van der Waals surface area contributed by atoms with Crippen molar-refractivity contribution in [2.24, 2.45) is 5.10 Å². The molecule has 0 radical (unpaired) electrons. The lowest BCUT2D eigenvalue weighted by Crippen LogP contribution is -2.24. The molecule has 0 aliphatic carbocycles. The van der Waals surface area contributed by atoms with E-state index in [0.29, 0.717) is 5.75 Å². The van der Waals surface area contributed by atoms with Crippen LogP contribution in [0.3, 0.4) is 0 Å². The van der Waals surface area contributed by atoms with Crippen LogP contribution in [0, 0.1) is 5.82 Å². The van der Waals surface area contributed by atoms with Crippen LogP contribution in [-0.2, 0) is 4.79 Å². The van der Waals surface area contributed by atoms with Gasteiger partial charge in [-0.2, -0.15) is 5.10 Å². The molecule has 0 unspecified atom stereocenters. The maximum atomic E-state index is 13.0. The van der Waals surface area contributed by atoms with Gasteiger partial charge in [-0.05, 0) is 28.8 Å². The van der Waals surface area contributed by atoms with E-state index in [0.717, 1.165) is 16.7 Å². The fourth-order valence-corrected chi connectivity index (χ4v) is 2.31. The van der Waals surface area contributed by atoms with Crippen LogP contribution in [0.25, 0.3) is 11.1 Å². The van der Waals surface area contributed by atoms with Crippen molar-refractivity contribution < 1.29 is 13.9 Å². The fourth-order valence-electron chi connectivity index (χ4n) is 2.31. The quantitative estimate of drug-likeness (QED) is 0.540. The molecule has 0 atom stereocenters. The first kappa shape index (κ1) is 17.4. The second-order valence-corrected chi connectivity index (χ2v) is 5.53. The molecule has 3 aromatic carbocycles. The first-order valence-electron chi connectivity index (χ1n) is 8.06. The van der Waals surface area contributed by atoms with Crippen LogP contribution >= 0.6 is 0 Å². The predicted molar refractivity (Wildman–Crippen MR) is 99.5 cm³/mol. The Hall–Kier alpha value is -3.47. The molecule has 0 aromatic heterocycles. The van der Waals surface area contributed by atoms with Crippen LogP contribution in [0.15, 0.2) is 84.0 Å². The van der Waals surface area contributed by atoms with E-state index in [2.05, 4.69) is 10.5 Å². The molecule has 1 N–H and O–H groups in total. The van der Waals surface area contributed by atoms with Crippen molar-refractivity contribution >= 4 is 12.1 Å². The van der Waals surface area contributed by atoms with Gasteiger partial charge in [0, 0.05) is 6.07 Å². The number of hydrazone groups is 1. The Bertz CT molecular complexity index is 893. The van der Waals surface area contributed by atoms with Gasteiger partial charge in [-0.3, -0.25) is 4.79 Å². The summed E-state index contributed by atoms with van der Waals surface area (Å²) in [5.74, 6) is -0.549. The Labute approximate surface area is 150 Å². The number of hydrogen-bond acceptors (Lipinski definition) is 3. The van der Waals surface area contributed by atoms with Crippen molar-refractivity contribution in [3.63, 3.8) is 0 Å². The minimum Gasteiger partial charge on any atom is -0.484 e. The molecule has 0 aliphatic heterocycles. The zero-order valence-electron chi connectivity index (χ0n) is 13.9. The van der Waals surface area contributed by atoms with E-state index >= 15 is 0 Å². The van der Waals surface area contributed by atoms with E-state index in [1.54, 1.807) is 12.3 Å². The third kappa shape index (κ3) is 5.01. The van der Waals surface area contributed by atoms with Gasteiger partial charge in [0.15, 0.2) is 6.61 Å². The Kier molecular flexibility index (Phi) is 5.72. The van der Waals surface area contributed by atoms with E-state index in [4.69, 9.17) is 4.74 Å². The normalized spacial score (nSPS) is 10.7. The molecule has 0 bridgehead atoms. The van der Waals surface area contributed by atoms with Gasteiger partial charge < -0.3 is 4.74 Å². The highest BCUT2D eigenvalue weighted by Crippen LogP contribution is 2.18. The predicted octanol–water partition coefficient (Wildman–Crippen LogP) is 4.02. The smallest absolute Gasteiger partial charge is 0.277 e. The molecule has 0 heterocycles. The lowest BCUT2D eigenvalue weighted by molar-refractivity contribution is -0.123. The maximum Gasteiger partial charge on any atom is 0.277 e. The number of carbonyl (C=O) groups excluding carboxylic acids is 1. The Balaban J connectivity index is 1.49. The molecule has 26 heavy (non-hydrogen) atoms. The Morgan fingerprint density at radius 2 is 1.69 bits per heavy atom. The highest BCUT2D eigenvalue weighted by atomic mass is 19.1. The Morgan fingerprint density at radius 1 is 0.962 bits per heavy atom. The zero-order valence-corrected chi connectivity index (χ0v) is 13.9. The van der Waals surface area contributed by atoms with Gasteiger partial charge in [0.25, 0.3) is 5.91 Å². The SMILES string of the molecule is O=C(COc1cccc(F)c1)N/N=C\c1ccc(-c2ccccc2)cc1. The van der Waals surface area contributed by atoms with E-state index in [-0.39, 0.29) is 6.61 Å². The molecule has 4 nitrogen and oxygen atoms in total. The molecule has 0 fully saturated rings. The van der Waals surface area contributed by atoms with E-state index in [9.17, 15) is 9.18 Å². The average Bonchev–Trinajstić information content (AvgIpc) is 2.68. The minimum absolute atomic E-state index is 0.242. The second kappa shape index (κ2) is 8.58. The molecular formula is C21H17FN2O2. The molecule has 0 spiro atoms. The number of halogens is 1. The third-order valence-corrected chi connectivity index (χ3v) is 3.59. The second-order valence-electron chi connectivity index (χ2n) is 5.53. The van der Waals surface area contributed by atoms with Crippen LogP contribution in [-0.4, -0.2) is 18.7 Å². The van der Waals surface area contributed by atoms with Crippen LogP contribution in [0.2, 0.25) is 0 Å². The van der Waals surface area contributed by atoms with Crippen LogP contribution in [0.5, 0.6) is 5.75 Å². The molecule has 0 saturated heterocycles. The first-order chi connectivity index (χ1) is 12.7. The minimum atomic E-state index is -0.425. The summed E-state index contributed by atoms with van der Waals surface area (Å²) in [5, 5.41) is 3.90. The molecule has 0 saturated carbocycles. The van der Waals surface area contributed by atoms with Gasteiger partial charge in [-0.25, -0.2) is 9.82 Å². The molecule has 3 aromatic rings. The van der Waals surface area contributed by atoms with Gasteiger partial charge in [0.05, 0.1) is 6.21 Å². The summed E-state index contributed by atoms with van der Waals surface area (Å²) in [4.78, 5) is 11.7. The molecule has 1 amide bonds. The lowest BCUT2D eigenvalue weighted by Gasteiger charge is -2.04. The van der Waals surface area contributed by atoms with E-state index in [1.807, 2.05) is 54.6 Å². The summed E-state index contributed by atoms with van der Waals surface area (Å²) < 4.78 is 18.2. The number of nitrogens with zero attached hydrogens (tertiary/aromatic N) is 1. The Morgan fingerprint density at radius 3 is 2.42 bits per heavy atom. The van der Waals surface area contributed by atoms with E-state index in [1.165, 1.54) is 18.2 Å². The molecular weight excluding hydrogens is 331 g/mol. The summed E-state index contributed by atoms with van der Waals surface area (Å²) in [6, 6.07) is 23.5. The van der Waals surface area contributed by atoms with Crippen LogP contribution in [0.1, 0.15) is 5.56 Å². The van der Waals surface area contributed by atoms with Crippen molar-refractivity contribution in [2.45, 2.75) is 0 Å². The van der Waals surface area contributed by atoms with Gasteiger partial charge in [0.2, 0.25) is 0 Å². The monoisotopic (exact) mass is 348 g/mol. The van der Waals surface area contributed by atoms with Crippen molar-refractivity contribution in [1.82, 2.24) is 5.43 Å². The van der Waals surface area contributed by atoms with Gasteiger partial charge >= 0.3 is 0 Å². The molecule has 0 aliphatic rings. The van der Waals surface area contributed by atoms with Gasteiger partial charge in [-0.15, -0.1) is 0 Å². The molecule has 5 heteroatoms. The molecule has 130 valence electrons. The number of benzene rings is 3. The van der Waals surface area contributed by atoms with Crippen molar-refractivity contribution in [2.75, 3.05) is 6.61 Å². The average molecular weight is 348 g/mol. The van der Waals surface area contributed by atoms with Gasteiger partial charge in [0.1, 0.15) is 11.6 Å². The van der Waals surface area contributed by atoms with Crippen molar-refractivity contribution in [1.29, 1.82) is 0 Å². The number of nitrogens with one attached hydrogen (secondary N) is 1. The maximum absolute atomic E-state index is 13.0.